The summed E-state index contributed by atoms with van der Waals surface area (Å²) >= 11 is 0. The number of aromatic nitrogens is 3. The molecular formula is C24H34N6O. The van der Waals surface area contributed by atoms with Crippen molar-refractivity contribution in [2.45, 2.75) is 58.9 Å². The number of amides is 1. The van der Waals surface area contributed by atoms with Gasteiger partial charge in [-0.1, -0.05) is 13.0 Å². The molecule has 0 radical (unpaired) electrons. The highest BCUT2D eigenvalue weighted by Gasteiger charge is 2.32. The van der Waals surface area contributed by atoms with E-state index in [2.05, 4.69) is 32.0 Å². The minimum absolute atomic E-state index is 0.0603. The number of pyridine rings is 1. The second-order valence-electron chi connectivity index (χ2n) is 8.87. The van der Waals surface area contributed by atoms with Crippen LogP contribution >= 0.6 is 0 Å². The second kappa shape index (κ2) is 9.73. The van der Waals surface area contributed by atoms with Gasteiger partial charge in [-0.25, -0.2) is 15.0 Å². The molecule has 1 N–H and O–H groups in total. The molecule has 2 aliphatic heterocycles. The van der Waals surface area contributed by atoms with Crippen LogP contribution < -0.4 is 5.32 Å². The van der Waals surface area contributed by atoms with Crippen molar-refractivity contribution >= 4 is 17.7 Å². The molecule has 2 fully saturated rings. The van der Waals surface area contributed by atoms with Crippen LogP contribution in [0.4, 0.5) is 11.8 Å². The third-order valence-electron chi connectivity index (χ3n) is 6.53. The molecule has 2 aliphatic rings. The fourth-order valence-electron chi connectivity index (χ4n) is 4.85. The molecule has 7 nitrogen and oxygen atoms in total. The van der Waals surface area contributed by atoms with Gasteiger partial charge in [0.15, 0.2) is 0 Å². The number of hydrogen-bond donors (Lipinski definition) is 1. The molecule has 0 aliphatic carbocycles. The van der Waals surface area contributed by atoms with Crippen molar-refractivity contribution in [2.24, 2.45) is 5.92 Å². The van der Waals surface area contributed by atoms with E-state index < -0.39 is 0 Å². The molecule has 1 amide bonds. The molecular weight excluding hydrogens is 388 g/mol. The number of piperidine rings is 1. The van der Waals surface area contributed by atoms with E-state index in [1.165, 1.54) is 0 Å². The van der Waals surface area contributed by atoms with Crippen LogP contribution in [0.1, 0.15) is 62.2 Å². The average molecular weight is 423 g/mol. The highest BCUT2D eigenvalue weighted by atomic mass is 16.2. The van der Waals surface area contributed by atoms with Crippen molar-refractivity contribution in [3.8, 4) is 0 Å². The molecule has 0 bridgehead atoms. The van der Waals surface area contributed by atoms with E-state index in [0.717, 1.165) is 68.9 Å². The Balaban J connectivity index is 1.42. The van der Waals surface area contributed by atoms with Gasteiger partial charge in [0.1, 0.15) is 5.82 Å². The van der Waals surface area contributed by atoms with Crippen LogP contribution in [0.3, 0.4) is 0 Å². The first-order valence-electron chi connectivity index (χ1n) is 11.6. The Kier molecular flexibility index (Phi) is 6.80. The van der Waals surface area contributed by atoms with Gasteiger partial charge in [0.25, 0.3) is 0 Å². The van der Waals surface area contributed by atoms with Crippen LogP contribution in [0.25, 0.3) is 0 Å². The number of nitrogens with zero attached hydrogens (tertiary/aromatic N) is 5. The maximum atomic E-state index is 13.1. The largest absolute Gasteiger partial charge is 0.334 e. The predicted molar refractivity (Wildman–Crippen MR) is 122 cm³/mol. The summed E-state index contributed by atoms with van der Waals surface area (Å²) in [4.78, 5) is 31.4. The van der Waals surface area contributed by atoms with Crippen molar-refractivity contribution in [3.05, 3.63) is 41.3 Å². The maximum Gasteiger partial charge on any atom is 0.228 e. The monoisotopic (exact) mass is 422 g/mol. The van der Waals surface area contributed by atoms with Crippen LogP contribution in [-0.4, -0.2) is 56.8 Å². The molecule has 2 saturated heterocycles. The lowest BCUT2D eigenvalue weighted by Gasteiger charge is -2.32. The lowest BCUT2D eigenvalue weighted by Crippen LogP contribution is -2.37. The van der Waals surface area contributed by atoms with Crippen LogP contribution in [0.5, 0.6) is 0 Å². The number of carbonyl (C=O) groups is 1. The van der Waals surface area contributed by atoms with E-state index in [1.54, 1.807) is 0 Å². The first kappa shape index (κ1) is 21.7. The summed E-state index contributed by atoms with van der Waals surface area (Å²) in [7, 11) is 0. The third kappa shape index (κ3) is 5.39. The number of anilines is 2. The predicted octanol–water partition coefficient (Wildman–Crippen LogP) is 4.02. The van der Waals surface area contributed by atoms with E-state index in [1.807, 2.05) is 38.1 Å². The van der Waals surface area contributed by atoms with E-state index >= 15 is 0 Å². The summed E-state index contributed by atoms with van der Waals surface area (Å²) in [5.41, 5.74) is 2.79. The number of aryl methyl sites for hydroxylation is 2. The molecule has 4 rings (SSSR count). The van der Waals surface area contributed by atoms with Gasteiger partial charge in [-0.2, -0.15) is 0 Å². The molecule has 0 aromatic carbocycles. The molecule has 4 heterocycles. The lowest BCUT2D eigenvalue weighted by atomic mass is 9.93. The maximum absolute atomic E-state index is 13.1. The zero-order chi connectivity index (χ0) is 21.8. The van der Waals surface area contributed by atoms with Crippen molar-refractivity contribution in [2.75, 3.05) is 31.5 Å². The topological polar surface area (TPSA) is 74.2 Å². The van der Waals surface area contributed by atoms with Crippen LogP contribution in [0.2, 0.25) is 0 Å². The van der Waals surface area contributed by atoms with Gasteiger partial charge >= 0.3 is 0 Å². The molecule has 1 atom stereocenters. The van der Waals surface area contributed by atoms with Crippen molar-refractivity contribution in [3.63, 3.8) is 0 Å². The summed E-state index contributed by atoms with van der Waals surface area (Å²) in [6.45, 7) is 10.3. The van der Waals surface area contributed by atoms with Gasteiger partial charge in [-0.05, 0) is 83.3 Å². The molecule has 0 saturated carbocycles. The zero-order valence-electron chi connectivity index (χ0n) is 19.0. The molecule has 0 unspecified atom stereocenters. The number of nitrogens with one attached hydrogen (secondary N) is 1. The summed E-state index contributed by atoms with van der Waals surface area (Å²) in [6.07, 6.45) is 4.93. The summed E-state index contributed by atoms with van der Waals surface area (Å²) < 4.78 is 0. The van der Waals surface area contributed by atoms with Crippen LogP contribution in [0, 0.1) is 19.8 Å². The molecule has 2 aromatic rings. The van der Waals surface area contributed by atoms with E-state index in [-0.39, 0.29) is 11.9 Å². The van der Waals surface area contributed by atoms with Gasteiger partial charge in [0.05, 0.1) is 11.7 Å². The second-order valence-corrected chi connectivity index (χ2v) is 8.87. The Labute approximate surface area is 185 Å². The van der Waals surface area contributed by atoms with Crippen LogP contribution in [0.15, 0.2) is 24.3 Å². The van der Waals surface area contributed by atoms with Crippen molar-refractivity contribution in [1.29, 1.82) is 0 Å². The normalized spacial score (nSPS) is 20.2. The smallest absolute Gasteiger partial charge is 0.228 e. The Morgan fingerprint density at radius 3 is 2.52 bits per heavy atom. The number of likely N-dealkylation sites (tertiary alicyclic amines) is 2. The quantitative estimate of drug-likeness (QED) is 0.758. The van der Waals surface area contributed by atoms with Crippen LogP contribution in [-0.2, 0) is 4.79 Å². The summed E-state index contributed by atoms with van der Waals surface area (Å²) in [5, 5.41) is 3.23. The molecule has 31 heavy (non-hydrogen) atoms. The SMILES string of the molecule is CCN1CCC(CC(=O)N2CCC[C@H]2c2cccc(Nc3nc(C)cc(C)n3)n2)CC1. The Morgan fingerprint density at radius 1 is 1.06 bits per heavy atom. The van der Waals surface area contributed by atoms with Gasteiger partial charge < -0.3 is 15.1 Å². The van der Waals surface area contributed by atoms with Crippen molar-refractivity contribution in [1.82, 2.24) is 24.8 Å². The molecule has 7 heteroatoms. The first-order valence-corrected chi connectivity index (χ1v) is 11.6. The van der Waals surface area contributed by atoms with E-state index in [9.17, 15) is 4.79 Å². The van der Waals surface area contributed by atoms with Gasteiger partial charge in [0, 0.05) is 24.4 Å². The highest BCUT2D eigenvalue weighted by Crippen LogP contribution is 2.33. The van der Waals surface area contributed by atoms with E-state index in [0.29, 0.717) is 24.1 Å². The molecule has 166 valence electrons. The number of carbonyl (C=O) groups excluding carboxylic acids is 1. The zero-order valence-corrected chi connectivity index (χ0v) is 19.0. The summed E-state index contributed by atoms with van der Waals surface area (Å²) in [5.74, 6) is 2.07. The van der Waals surface area contributed by atoms with Gasteiger partial charge in [-0.3, -0.25) is 4.79 Å². The Bertz CT molecular complexity index is 888. The van der Waals surface area contributed by atoms with E-state index in [4.69, 9.17) is 4.98 Å². The third-order valence-corrected chi connectivity index (χ3v) is 6.53. The number of rotatable bonds is 6. The van der Waals surface area contributed by atoms with Gasteiger partial charge in [-0.15, -0.1) is 0 Å². The fourth-order valence-corrected chi connectivity index (χ4v) is 4.85. The van der Waals surface area contributed by atoms with Gasteiger partial charge in [0.2, 0.25) is 11.9 Å². The average Bonchev–Trinajstić information content (AvgIpc) is 3.24. The van der Waals surface area contributed by atoms with Crippen molar-refractivity contribution < 1.29 is 4.79 Å². The first-order chi connectivity index (χ1) is 15.0. The standard InChI is InChI=1S/C24H34N6O/c1-4-29-13-10-19(11-14-29)16-23(31)30-12-6-8-21(30)20-7-5-9-22(27-20)28-24-25-17(2)15-18(3)26-24/h5,7,9,15,19,21H,4,6,8,10-14,16H2,1-3H3,(H,25,26,27,28)/t21-/m0/s1. The Morgan fingerprint density at radius 2 is 1.81 bits per heavy atom. The Hall–Kier alpha value is -2.54. The number of hydrogen-bond acceptors (Lipinski definition) is 6. The lowest BCUT2D eigenvalue weighted by molar-refractivity contribution is -0.133. The minimum atomic E-state index is 0.0603. The molecule has 2 aromatic heterocycles. The molecule has 0 spiro atoms. The fraction of sp³-hybridized carbons (Fsp3) is 0.583. The minimum Gasteiger partial charge on any atom is -0.334 e. The highest BCUT2D eigenvalue weighted by molar-refractivity contribution is 5.77. The summed E-state index contributed by atoms with van der Waals surface area (Å²) in [6, 6.07) is 7.96.